The van der Waals surface area contributed by atoms with Crippen LogP contribution in [0.1, 0.15) is 49.5 Å². The van der Waals surface area contributed by atoms with Crippen LogP contribution in [0.3, 0.4) is 0 Å². The number of hydrogen-bond acceptors (Lipinski definition) is 4. The molecule has 0 saturated carbocycles. The normalized spacial score (nSPS) is 22.0. The molecule has 1 N–H and O–H groups in total. The first-order chi connectivity index (χ1) is 12.1. The maximum atomic E-state index is 12.9. The number of H-pyrrole nitrogens is 1. The summed E-state index contributed by atoms with van der Waals surface area (Å²) < 4.78 is 1.46. The molecule has 0 spiro atoms. The molecule has 1 unspecified atom stereocenters. The van der Waals surface area contributed by atoms with Gasteiger partial charge in [0.05, 0.1) is 18.3 Å². The van der Waals surface area contributed by atoms with Crippen molar-refractivity contribution in [2.24, 2.45) is 0 Å². The first-order valence-corrected chi connectivity index (χ1v) is 9.23. The summed E-state index contributed by atoms with van der Waals surface area (Å²) in [4.78, 5) is 34.1. The molecule has 4 rings (SSSR count). The summed E-state index contributed by atoms with van der Waals surface area (Å²) in [5, 5.41) is 2.99. The number of nitrogens with zero attached hydrogens (tertiary/aromatic N) is 4. The summed E-state index contributed by atoms with van der Waals surface area (Å²) in [6.07, 6.45) is 5.31. The van der Waals surface area contributed by atoms with Gasteiger partial charge in [0.15, 0.2) is 5.65 Å². The minimum absolute atomic E-state index is 0.0863. The van der Waals surface area contributed by atoms with Gasteiger partial charge < -0.3 is 4.90 Å². The molecule has 2 aliphatic heterocycles. The molecule has 7 nitrogen and oxygen atoms in total. The van der Waals surface area contributed by atoms with Crippen molar-refractivity contribution in [3.8, 4) is 0 Å². The Bertz CT molecular complexity index is 834. The van der Waals surface area contributed by atoms with E-state index in [0.29, 0.717) is 12.2 Å². The Hall–Kier alpha value is -2.15. The van der Waals surface area contributed by atoms with Gasteiger partial charge in [-0.05, 0) is 52.1 Å². The van der Waals surface area contributed by atoms with Crippen LogP contribution in [0.2, 0.25) is 0 Å². The zero-order chi connectivity index (χ0) is 17.4. The van der Waals surface area contributed by atoms with Gasteiger partial charge in [-0.1, -0.05) is 0 Å². The van der Waals surface area contributed by atoms with Gasteiger partial charge in [-0.15, -0.1) is 0 Å². The fourth-order valence-electron chi connectivity index (χ4n) is 4.06. The molecule has 0 radical (unpaired) electrons. The molecule has 2 saturated heterocycles. The highest BCUT2D eigenvalue weighted by Crippen LogP contribution is 2.30. The summed E-state index contributed by atoms with van der Waals surface area (Å²) in [7, 11) is 0. The average Bonchev–Trinajstić information content (AvgIpc) is 3.23. The zero-order valence-electron chi connectivity index (χ0n) is 14.7. The molecule has 134 valence electrons. The van der Waals surface area contributed by atoms with Crippen LogP contribution >= 0.6 is 0 Å². The minimum Gasteiger partial charge on any atom is -0.333 e. The van der Waals surface area contributed by atoms with Crippen LogP contribution in [0.4, 0.5) is 0 Å². The summed E-state index contributed by atoms with van der Waals surface area (Å²) >= 11 is 0. The van der Waals surface area contributed by atoms with Gasteiger partial charge in [0.1, 0.15) is 0 Å². The molecule has 2 aromatic heterocycles. The topological polar surface area (TPSA) is 73.7 Å². The van der Waals surface area contributed by atoms with Gasteiger partial charge >= 0.3 is 0 Å². The lowest BCUT2D eigenvalue weighted by molar-refractivity contribution is -0.136. The maximum Gasteiger partial charge on any atom is 0.272 e. The van der Waals surface area contributed by atoms with Gasteiger partial charge in [0.2, 0.25) is 5.91 Å². The maximum absolute atomic E-state index is 12.9. The number of carbonyl (C=O) groups excluding carboxylic acids is 1. The number of rotatable bonds is 3. The molecule has 25 heavy (non-hydrogen) atoms. The monoisotopic (exact) mass is 343 g/mol. The van der Waals surface area contributed by atoms with Crippen LogP contribution in [0.5, 0.6) is 0 Å². The van der Waals surface area contributed by atoms with Crippen molar-refractivity contribution in [1.29, 1.82) is 0 Å². The average molecular weight is 343 g/mol. The van der Waals surface area contributed by atoms with E-state index in [1.807, 2.05) is 17.9 Å². The number of carbonyl (C=O) groups is 1. The molecule has 1 amide bonds. The molecule has 7 heteroatoms. The third-order valence-corrected chi connectivity index (χ3v) is 5.32. The predicted molar refractivity (Wildman–Crippen MR) is 94.5 cm³/mol. The summed E-state index contributed by atoms with van der Waals surface area (Å²) in [5.41, 5.74) is 2.12. The molecule has 0 aromatic carbocycles. The first-order valence-electron chi connectivity index (χ1n) is 9.23. The second-order valence-corrected chi connectivity index (χ2v) is 7.23. The number of fused-ring (bicyclic) bond motifs is 1. The lowest BCUT2D eigenvalue weighted by Crippen LogP contribution is -2.44. The van der Waals surface area contributed by atoms with Crippen LogP contribution in [0.25, 0.3) is 5.65 Å². The second kappa shape index (κ2) is 6.63. The standard InChI is InChI=1S/C18H25N5O2/c1-13-10-16-19-14(11-17(24)23(16)20-13)15-6-2-3-9-22(15)18(25)12-21-7-4-5-8-21/h10-11,15,20H,2-9,12H2,1H3. The Labute approximate surface area is 146 Å². The van der Waals surface area contributed by atoms with Crippen LogP contribution in [-0.4, -0.2) is 56.5 Å². The number of nitrogens with one attached hydrogen (secondary N) is 1. The van der Waals surface area contributed by atoms with E-state index < -0.39 is 0 Å². The van der Waals surface area contributed by atoms with Crippen LogP contribution < -0.4 is 5.56 Å². The van der Waals surface area contributed by atoms with Crippen molar-refractivity contribution >= 4 is 11.6 Å². The van der Waals surface area contributed by atoms with E-state index in [9.17, 15) is 9.59 Å². The third kappa shape index (κ3) is 3.20. The van der Waals surface area contributed by atoms with E-state index in [2.05, 4.69) is 15.0 Å². The number of aromatic amines is 1. The minimum atomic E-state index is -0.120. The summed E-state index contributed by atoms with van der Waals surface area (Å²) in [5.74, 6) is 0.166. The predicted octanol–water partition coefficient (Wildman–Crippen LogP) is 1.48. The molecule has 0 bridgehead atoms. The Kier molecular flexibility index (Phi) is 4.33. The molecule has 2 aliphatic rings. The lowest BCUT2D eigenvalue weighted by atomic mass is 9.99. The number of aryl methyl sites for hydroxylation is 1. The number of piperidine rings is 1. The molecule has 2 fully saturated rings. The molecule has 0 aliphatic carbocycles. The van der Waals surface area contributed by atoms with Crippen LogP contribution in [0, 0.1) is 6.92 Å². The van der Waals surface area contributed by atoms with E-state index in [1.165, 1.54) is 17.4 Å². The first kappa shape index (κ1) is 16.3. The van der Waals surface area contributed by atoms with E-state index in [0.717, 1.165) is 50.3 Å². The van der Waals surface area contributed by atoms with Gasteiger partial charge in [-0.25, -0.2) is 9.50 Å². The molecular weight excluding hydrogens is 318 g/mol. The fourth-order valence-corrected chi connectivity index (χ4v) is 4.06. The Morgan fingerprint density at radius 3 is 2.76 bits per heavy atom. The van der Waals surface area contributed by atoms with E-state index in [4.69, 9.17) is 0 Å². The summed E-state index contributed by atoms with van der Waals surface area (Å²) in [6, 6.07) is 3.36. The van der Waals surface area contributed by atoms with E-state index in [1.54, 1.807) is 6.07 Å². The number of hydrogen-bond donors (Lipinski definition) is 1. The van der Waals surface area contributed by atoms with Gasteiger partial charge in [0, 0.05) is 24.4 Å². The summed E-state index contributed by atoms with van der Waals surface area (Å²) in [6.45, 7) is 5.17. The van der Waals surface area contributed by atoms with Gasteiger partial charge in [0.25, 0.3) is 5.56 Å². The quantitative estimate of drug-likeness (QED) is 0.916. The largest absolute Gasteiger partial charge is 0.333 e. The Morgan fingerprint density at radius 2 is 1.96 bits per heavy atom. The van der Waals surface area contributed by atoms with Crippen LogP contribution in [-0.2, 0) is 4.79 Å². The second-order valence-electron chi connectivity index (χ2n) is 7.23. The van der Waals surface area contributed by atoms with Gasteiger partial charge in [-0.3, -0.25) is 19.6 Å². The van der Waals surface area contributed by atoms with Crippen molar-refractivity contribution < 1.29 is 4.79 Å². The van der Waals surface area contributed by atoms with Crippen molar-refractivity contribution in [3.63, 3.8) is 0 Å². The smallest absolute Gasteiger partial charge is 0.272 e. The van der Waals surface area contributed by atoms with Crippen molar-refractivity contribution in [3.05, 3.63) is 33.9 Å². The zero-order valence-corrected chi connectivity index (χ0v) is 14.7. The fraction of sp³-hybridized carbons (Fsp3) is 0.611. The third-order valence-electron chi connectivity index (χ3n) is 5.32. The Balaban J connectivity index is 1.62. The lowest BCUT2D eigenvalue weighted by Gasteiger charge is -2.36. The van der Waals surface area contributed by atoms with Crippen LogP contribution in [0.15, 0.2) is 16.9 Å². The molecular formula is C18H25N5O2. The number of aromatic nitrogens is 3. The van der Waals surface area contributed by atoms with E-state index >= 15 is 0 Å². The number of amides is 1. The van der Waals surface area contributed by atoms with Gasteiger partial charge in [-0.2, -0.15) is 0 Å². The highest BCUT2D eigenvalue weighted by molar-refractivity contribution is 5.79. The molecule has 2 aromatic rings. The SMILES string of the molecule is Cc1cc2nc(C3CCCCN3C(=O)CN3CCCC3)cc(=O)n2[nH]1. The van der Waals surface area contributed by atoms with E-state index in [-0.39, 0.29) is 17.5 Å². The molecule has 1 atom stereocenters. The van der Waals surface area contributed by atoms with Crippen molar-refractivity contribution in [2.75, 3.05) is 26.2 Å². The highest BCUT2D eigenvalue weighted by Gasteiger charge is 2.30. The highest BCUT2D eigenvalue weighted by atomic mass is 16.2. The van der Waals surface area contributed by atoms with Crippen molar-refractivity contribution in [2.45, 2.75) is 45.1 Å². The number of likely N-dealkylation sites (tertiary alicyclic amines) is 2. The molecule has 4 heterocycles. The Morgan fingerprint density at radius 1 is 1.20 bits per heavy atom. The van der Waals surface area contributed by atoms with Crippen molar-refractivity contribution in [1.82, 2.24) is 24.4 Å².